The number of guanidine groups is 1. The van der Waals surface area contributed by atoms with Gasteiger partial charge in [0, 0.05) is 32.2 Å². The molecule has 30 heavy (non-hydrogen) atoms. The van der Waals surface area contributed by atoms with Gasteiger partial charge in [0.15, 0.2) is 5.96 Å². The number of rotatable bonds is 9. The number of piperidine rings is 1. The maximum Gasteiger partial charge on any atom is 0.224 e. The minimum absolute atomic E-state index is 0. The van der Waals surface area contributed by atoms with Crippen molar-refractivity contribution in [1.82, 2.24) is 15.5 Å². The second-order valence-corrected chi connectivity index (χ2v) is 8.58. The Kier molecular flexibility index (Phi) is 13.0. The highest BCUT2D eigenvalue weighted by atomic mass is 127. The quantitative estimate of drug-likeness (QED) is 0.195. The highest BCUT2D eigenvalue weighted by Crippen LogP contribution is 2.15. The van der Waals surface area contributed by atoms with Crippen LogP contribution in [0.1, 0.15) is 52.0 Å². The van der Waals surface area contributed by atoms with E-state index < -0.39 is 0 Å². The zero-order valence-electron chi connectivity index (χ0n) is 19.0. The van der Waals surface area contributed by atoms with Crippen LogP contribution in [0.5, 0.6) is 0 Å². The number of amides is 1. The van der Waals surface area contributed by atoms with Crippen LogP contribution in [-0.4, -0.2) is 50.0 Å². The highest BCUT2D eigenvalue weighted by Gasteiger charge is 2.14. The van der Waals surface area contributed by atoms with Crippen LogP contribution < -0.4 is 16.0 Å². The molecule has 1 saturated heterocycles. The fourth-order valence-electron chi connectivity index (χ4n) is 3.54. The van der Waals surface area contributed by atoms with Gasteiger partial charge in [-0.05, 0) is 68.4 Å². The van der Waals surface area contributed by atoms with Crippen molar-refractivity contribution in [1.29, 1.82) is 0 Å². The number of carbonyl (C=O) groups excluding carboxylic acids is 1. The van der Waals surface area contributed by atoms with Gasteiger partial charge in [-0.1, -0.05) is 32.9 Å². The molecule has 1 aromatic carbocycles. The second-order valence-electron chi connectivity index (χ2n) is 8.58. The van der Waals surface area contributed by atoms with Crippen LogP contribution >= 0.6 is 24.0 Å². The lowest BCUT2D eigenvalue weighted by Crippen LogP contribution is -2.39. The van der Waals surface area contributed by atoms with Gasteiger partial charge in [0.25, 0.3) is 0 Å². The van der Waals surface area contributed by atoms with Crippen LogP contribution in [0.25, 0.3) is 0 Å². The molecule has 0 aromatic heterocycles. The van der Waals surface area contributed by atoms with Crippen molar-refractivity contribution in [3.63, 3.8) is 0 Å². The summed E-state index contributed by atoms with van der Waals surface area (Å²) in [5.74, 6) is 2.11. The monoisotopic (exact) mass is 529 g/mol. The topological polar surface area (TPSA) is 68.8 Å². The lowest BCUT2D eigenvalue weighted by Gasteiger charge is -2.30. The highest BCUT2D eigenvalue weighted by molar-refractivity contribution is 14.0. The van der Waals surface area contributed by atoms with Gasteiger partial charge in [0.2, 0.25) is 5.91 Å². The Morgan fingerprint density at radius 3 is 2.63 bits per heavy atom. The van der Waals surface area contributed by atoms with Crippen LogP contribution in [0.3, 0.4) is 0 Å². The summed E-state index contributed by atoms with van der Waals surface area (Å²) in [6.07, 6.45) is 4.31. The third-order valence-corrected chi connectivity index (χ3v) is 5.31. The van der Waals surface area contributed by atoms with Crippen LogP contribution in [-0.2, 0) is 11.3 Å². The Balaban J connectivity index is 0.00000450. The Morgan fingerprint density at radius 2 is 1.97 bits per heavy atom. The first kappa shape index (κ1) is 26.7. The first-order chi connectivity index (χ1) is 14.0. The minimum Gasteiger partial charge on any atom is -0.356 e. The lowest BCUT2D eigenvalue weighted by atomic mass is 9.99. The summed E-state index contributed by atoms with van der Waals surface area (Å²) in [6.45, 7) is 11.6. The van der Waals surface area contributed by atoms with Crippen molar-refractivity contribution in [2.45, 2.75) is 53.0 Å². The summed E-state index contributed by atoms with van der Waals surface area (Å²) in [6, 6.07) is 7.96. The first-order valence-electron chi connectivity index (χ1n) is 11.0. The number of halogens is 1. The largest absolute Gasteiger partial charge is 0.356 e. The molecule has 1 heterocycles. The Hall–Kier alpha value is -1.35. The third kappa shape index (κ3) is 10.6. The number of anilines is 1. The average Bonchev–Trinajstić information content (AvgIpc) is 2.68. The van der Waals surface area contributed by atoms with Gasteiger partial charge in [-0.3, -0.25) is 9.79 Å². The maximum atomic E-state index is 12.0. The zero-order chi connectivity index (χ0) is 21.1. The van der Waals surface area contributed by atoms with Crippen LogP contribution in [0.2, 0.25) is 0 Å². The molecule has 0 unspecified atom stereocenters. The van der Waals surface area contributed by atoms with E-state index in [2.05, 4.69) is 38.8 Å². The van der Waals surface area contributed by atoms with Crippen molar-refractivity contribution >= 4 is 41.5 Å². The summed E-state index contributed by atoms with van der Waals surface area (Å²) < 4.78 is 0. The smallest absolute Gasteiger partial charge is 0.224 e. The van der Waals surface area contributed by atoms with Crippen molar-refractivity contribution in [2.24, 2.45) is 16.8 Å². The summed E-state index contributed by atoms with van der Waals surface area (Å²) in [4.78, 5) is 18.8. The first-order valence-corrected chi connectivity index (χ1v) is 11.0. The number of likely N-dealkylation sites (tertiary alicyclic amines) is 1. The molecule has 1 amide bonds. The molecule has 3 N–H and O–H groups in total. The molecular formula is C23H40IN5O. The van der Waals surface area contributed by atoms with E-state index in [4.69, 9.17) is 0 Å². The summed E-state index contributed by atoms with van der Waals surface area (Å²) >= 11 is 0. The number of hydrogen-bond donors (Lipinski definition) is 3. The molecule has 0 bridgehead atoms. The van der Waals surface area contributed by atoms with Gasteiger partial charge < -0.3 is 20.9 Å². The Bertz CT molecular complexity index is 657. The number of nitrogens with one attached hydrogen (secondary N) is 3. The standard InChI is InChI=1S/C23H39N5O.HI/c1-18(2)15-22(29)27-21-8-5-7-20(16-21)17-26-23(24-4)25-11-6-12-28-13-9-19(3)10-14-28;/h5,7-8,16,18-19H,6,9-15,17H2,1-4H3,(H,27,29)(H2,24,25,26);1H. The van der Waals surface area contributed by atoms with Gasteiger partial charge in [0.1, 0.15) is 0 Å². The van der Waals surface area contributed by atoms with Gasteiger partial charge in [0.05, 0.1) is 0 Å². The molecule has 0 atom stereocenters. The normalized spacial score (nSPS) is 15.6. The molecule has 0 aliphatic carbocycles. The van der Waals surface area contributed by atoms with E-state index in [1.165, 1.54) is 25.9 Å². The van der Waals surface area contributed by atoms with E-state index in [1.54, 1.807) is 7.05 Å². The van der Waals surface area contributed by atoms with Crippen LogP contribution in [0, 0.1) is 11.8 Å². The van der Waals surface area contributed by atoms with Crippen molar-refractivity contribution < 1.29 is 4.79 Å². The molecule has 1 aliphatic heterocycles. The number of hydrogen-bond acceptors (Lipinski definition) is 3. The SMILES string of the molecule is CN=C(NCCCN1CCC(C)CC1)NCc1cccc(NC(=O)CC(C)C)c1.I. The average molecular weight is 530 g/mol. The van der Waals surface area contributed by atoms with Gasteiger partial charge in [-0.2, -0.15) is 0 Å². The predicted molar refractivity (Wildman–Crippen MR) is 138 cm³/mol. The van der Waals surface area contributed by atoms with Crippen LogP contribution in [0.4, 0.5) is 5.69 Å². The number of carbonyl (C=O) groups is 1. The molecule has 1 fully saturated rings. The summed E-state index contributed by atoms with van der Waals surface area (Å²) in [5, 5.41) is 9.73. The van der Waals surface area contributed by atoms with E-state index in [0.29, 0.717) is 18.9 Å². The summed E-state index contributed by atoms with van der Waals surface area (Å²) in [7, 11) is 1.80. The second kappa shape index (κ2) is 14.6. The van der Waals surface area contributed by atoms with E-state index in [1.807, 2.05) is 32.0 Å². The number of aliphatic imine (C=N–C) groups is 1. The molecule has 1 aliphatic rings. The minimum atomic E-state index is 0. The molecule has 0 radical (unpaired) electrons. The van der Waals surface area contributed by atoms with E-state index >= 15 is 0 Å². The number of nitrogens with zero attached hydrogens (tertiary/aromatic N) is 2. The van der Waals surface area contributed by atoms with Crippen LogP contribution in [0.15, 0.2) is 29.3 Å². The van der Waals surface area contributed by atoms with Gasteiger partial charge >= 0.3 is 0 Å². The maximum absolute atomic E-state index is 12.0. The van der Waals surface area contributed by atoms with Crippen molar-refractivity contribution in [3.8, 4) is 0 Å². The number of benzene rings is 1. The zero-order valence-corrected chi connectivity index (χ0v) is 21.4. The lowest BCUT2D eigenvalue weighted by molar-refractivity contribution is -0.116. The van der Waals surface area contributed by atoms with E-state index in [0.717, 1.165) is 42.6 Å². The molecule has 1 aromatic rings. The van der Waals surface area contributed by atoms with Crippen molar-refractivity contribution in [3.05, 3.63) is 29.8 Å². The third-order valence-electron chi connectivity index (χ3n) is 5.31. The molecule has 6 nitrogen and oxygen atoms in total. The summed E-state index contributed by atoms with van der Waals surface area (Å²) in [5.41, 5.74) is 1.95. The molecule has 0 spiro atoms. The molecule has 7 heteroatoms. The van der Waals surface area contributed by atoms with Gasteiger partial charge in [-0.15, -0.1) is 24.0 Å². The van der Waals surface area contributed by atoms with Gasteiger partial charge in [-0.25, -0.2) is 0 Å². The Labute approximate surface area is 199 Å². The van der Waals surface area contributed by atoms with E-state index in [9.17, 15) is 4.79 Å². The Morgan fingerprint density at radius 1 is 1.23 bits per heavy atom. The molecular weight excluding hydrogens is 489 g/mol. The molecule has 0 saturated carbocycles. The van der Waals surface area contributed by atoms with E-state index in [-0.39, 0.29) is 29.9 Å². The fraction of sp³-hybridized carbons (Fsp3) is 0.652. The molecule has 170 valence electrons. The molecule has 2 rings (SSSR count). The predicted octanol–water partition coefficient (Wildman–Crippen LogP) is 4.08. The fourth-order valence-corrected chi connectivity index (χ4v) is 3.54. The van der Waals surface area contributed by atoms with Crippen molar-refractivity contribution in [2.75, 3.05) is 38.5 Å².